The number of carbonyl (C=O) groups excluding carboxylic acids is 1. The van der Waals surface area contributed by atoms with Crippen LogP contribution in [0.4, 0.5) is 17.1 Å². The molecule has 130 valence electrons. The summed E-state index contributed by atoms with van der Waals surface area (Å²) in [6.07, 6.45) is 0. The van der Waals surface area contributed by atoms with Gasteiger partial charge in [-0.3, -0.25) is 14.9 Å². The summed E-state index contributed by atoms with van der Waals surface area (Å²) in [5, 5.41) is 12.1. The molecule has 2 aromatic carbocycles. The Bertz CT molecular complexity index is 819. The highest BCUT2D eigenvalue weighted by Crippen LogP contribution is 2.32. The maximum absolute atomic E-state index is 11.4. The van der Waals surface area contributed by atoms with Crippen LogP contribution in [0.5, 0.6) is 0 Å². The van der Waals surface area contributed by atoms with Crippen LogP contribution in [0.3, 0.4) is 0 Å². The molecule has 0 saturated carbocycles. The summed E-state index contributed by atoms with van der Waals surface area (Å²) in [6.45, 7) is 2.61. The van der Waals surface area contributed by atoms with Gasteiger partial charge in [-0.25, -0.2) is 0 Å². The van der Waals surface area contributed by atoms with E-state index in [4.69, 9.17) is 17.3 Å². The van der Waals surface area contributed by atoms with Gasteiger partial charge in [-0.05, 0) is 24.3 Å². The van der Waals surface area contributed by atoms with E-state index in [9.17, 15) is 14.9 Å². The smallest absolute Gasteiger partial charge is 0.293 e. The molecule has 1 fully saturated rings. The molecule has 1 heterocycles. The Kier molecular flexibility index (Phi) is 4.76. The second-order valence-electron chi connectivity index (χ2n) is 5.75. The third-order valence-electron chi connectivity index (χ3n) is 4.27. The molecule has 25 heavy (non-hydrogen) atoms. The van der Waals surface area contributed by atoms with Crippen molar-refractivity contribution in [1.29, 1.82) is 0 Å². The van der Waals surface area contributed by atoms with Gasteiger partial charge in [0.15, 0.2) is 0 Å². The number of nitrogens with two attached hydrogens (primary N) is 1. The average Bonchev–Trinajstić information content (AvgIpc) is 2.61. The van der Waals surface area contributed by atoms with Crippen LogP contribution in [-0.4, -0.2) is 37.0 Å². The zero-order valence-electron chi connectivity index (χ0n) is 13.4. The first-order valence-corrected chi connectivity index (χ1v) is 8.18. The molecule has 0 aliphatic carbocycles. The first-order valence-electron chi connectivity index (χ1n) is 7.80. The first kappa shape index (κ1) is 17.0. The largest absolute Gasteiger partial charge is 0.367 e. The Morgan fingerprint density at radius 1 is 1.04 bits per heavy atom. The Hall–Kier alpha value is -2.80. The molecule has 8 heteroatoms. The molecule has 1 amide bonds. The van der Waals surface area contributed by atoms with E-state index < -0.39 is 10.8 Å². The standard InChI is InChI=1S/C17H17ClN4O3/c18-13-3-1-2-4-14(13)20-7-9-21(10-8-20)15-6-5-12(17(19)23)11-16(15)22(24)25/h1-6,11H,7-10H2,(H2,19,23). The van der Waals surface area contributed by atoms with Crippen LogP contribution in [0.15, 0.2) is 42.5 Å². The van der Waals surface area contributed by atoms with Gasteiger partial charge in [0.05, 0.1) is 15.6 Å². The summed E-state index contributed by atoms with van der Waals surface area (Å²) in [4.78, 5) is 26.2. The number of amides is 1. The first-order chi connectivity index (χ1) is 12.0. The molecular weight excluding hydrogens is 344 g/mol. The van der Waals surface area contributed by atoms with Crippen LogP contribution in [0.1, 0.15) is 10.4 Å². The van der Waals surface area contributed by atoms with Gasteiger partial charge in [0, 0.05) is 37.8 Å². The minimum atomic E-state index is -0.682. The van der Waals surface area contributed by atoms with E-state index in [0.717, 1.165) is 5.69 Å². The lowest BCUT2D eigenvalue weighted by molar-refractivity contribution is -0.384. The van der Waals surface area contributed by atoms with Crippen molar-refractivity contribution in [2.45, 2.75) is 0 Å². The number of para-hydroxylation sites is 1. The summed E-state index contributed by atoms with van der Waals surface area (Å²) >= 11 is 6.24. The molecule has 2 N–H and O–H groups in total. The van der Waals surface area contributed by atoms with Gasteiger partial charge in [0.2, 0.25) is 5.91 Å². The van der Waals surface area contributed by atoms with Crippen LogP contribution in [0, 0.1) is 10.1 Å². The van der Waals surface area contributed by atoms with Crippen molar-refractivity contribution >= 4 is 34.6 Å². The molecule has 7 nitrogen and oxygen atoms in total. The number of primary amides is 1. The zero-order chi connectivity index (χ0) is 18.0. The molecule has 0 spiro atoms. The summed E-state index contributed by atoms with van der Waals surface area (Å²) in [6, 6.07) is 12.0. The quantitative estimate of drug-likeness (QED) is 0.668. The highest BCUT2D eigenvalue weighted by molar-refractivity contribution is 6.33. The van der Waals surface area contributed by atoms with Crippen LogP contribution >= 0.6 is 11.6 Å². The van der Waals surface area contributed by atoms with Gasteiger partial charge < -0.3 is 15.5 Å². The van der Waals surface area contributed by atoms with E-state index in [1.165, 1.54) is 12.1 Å². The maximum Gasteiger partial charge on any atom is 0.293 e. The second-order valence-corrected chi connectivity index (χ2v) is 6.16. The molecule has 1 saturated heterocycles. The third-order valence-corrected chi connectivity index (χ3v) is 4.59. The van der Waals surface area contributed by atoms with Crippen LogP contribution in [0.2, 0.25) is 5.02 Å². The molecule has 1 aliphatic heterocycles. The Labute approximate surface area is 149 Å². The maximum atomic E-state index is 11.4. The fourth-order valence-electron chi connectivity index (χ4n) is 2.99. The van der Waals surface area contributed by atoms with Crippen molar-refractivity contribution in [3.05, 3.63) is 63.2 Å². The monoisotopic (exact) mass is 360 g/mol. The number of nitro groups is 1. The van der Waals surface area contributed by atoms with Crippen LogP contribution < -0.4 is 15.5 Å². The summed E-state index contributed by atoms with van der Waals surface area (Å²) in [5.74, 6) is -0.682. The van der Waals surface area contributed by atoms with Gasteiger partial charge >= 0.3 is 0 Å². The third kappa shape index (κ3) is 3.51. The van der Waals surface area contributed by atoms with Crippen molar-refractivity contribution in [3.63, 3.8) is 0 Å². The highest BCUT2D eigenvalue weighted by Gasteiger charge is 2.25. The number of hydrogen-bond donors (Lipinski definition) is 1. The predicted molar refractivity (Wildman–Crippen MR) is 97.5 cm³/mol. The number of hydrogen-bond acceptors (Lipinski definition) is 5. The van der Waals surface area contributed by atoms with Crippen molar-refractivity contribution < 1.29 is 9.72 Å². The fourth-order valence-corrected chi connectivity index (χ4v) is 3.24. The van der Waals surface area contributed by atoms with E-state index in [2.05, 4.69) is 4.90 Å². The number of carbonyl (C=O) groups is 1. The Morgan fingerprint density at radius 2 is 1.64 bits per heavy atom. The average molecular weight is 361 g/mol. The van der Waals surface area contributed by atoms with E-state index in [0.29, 0.717) is 36.9 Å². The minimum absolute atomic E-state index is 0.109. The number of nitro benzene ring substituents is 1. The number of anilines is 2. The minimum Gasteiger partial charge on any atom is -0.367 e. The van der Waals surface area contributed by atoms with Crippen LogP contribution in [-0.2, 0) is 0 Å². The van der Waals surface area contributed by atoms with Gasteiger partial charge in [0.25, 0.3) is 5.69 Å². The van der Waals surface area contributed by atoms with E-state index in [1.54, 1.807) is 6.07 Å². The molecule has 0 radical (unpaired) electrons. The summed E-state index contributed by atoms with van der Waals surface area (Å²) in [5.41, 5.74) is 6.69. The van der Waals surface area contributed by atoms with E-state index in [1.807, 2.05) is 29.2 Å². The molecule has 0 unspecified atom stereocenters. The lowest BCUT2D eigenvalue weighted by Gasteiger charge is -2.37. The number of benzene rings is 2. The van der Waals surface area contributed by atoms with Crippen LogP contribution in [0.25, 0.3) is 0 Å². The topological polar surface area (TPSA) is 92.7 Å². The Balaban J connectivity index is 1.80. The number of piperazine rings is 1. The normalized spacial score (nSPS) is 14.4. The van der Waals surface area contributed by atoms with E-state index in [-0.39, 0.29) is 11.3 Å². The SMILES string of the molecule is NC(=O)c1ccc(N2CCN(c3ccccc3Cl)CC2)c([N+](=O)[O-])c1. The zero-order valence-corrected chi connectivity index (χ0v) is 14.1. The second kappa shape index (κ2) is 6.98. The van der Waals surface area contributed by atoms with Crippen molar-refractivity contribution in [3.8, 4) is 0 Å². The number of halogens is 1. The summed E-state index contributed by atoms with van der Waals surface area (Å²) in [7, 11) is 0. The highest BCUT2D eigenvalue weighted by atomic mass is 35.5. The summed E-state index contributed by atoms with van der Waals surface area (Å²) < 4.78 is 0. The molecule has 1 aliphatic rings. The van der Waals surface area contributed by atoms with Crippen molar-refractivity contribution in [1.82, 2.24) is 0 Å². The van der Waals surface area contributed by atoms with Gasteiger partial charge in [-0.2, -0.15) is 0 Å². The van der Waals surface area contributed by atoms with Gasteiger partial charge in [-0.1, -0.05) is 23.7 Å². The number of nitrogens with zero attached hydrogens (tertiary/aromatic N) is 3. The molecule has 2 aromatic rings. The van der Waals surface area contributed by atoms with E-state index >= 15 is 0 Å². The lowest BCUT2D eigenvalue weighted by atomic mass is 10.1. The molecule has 0 bridgehead atoms. The molecular formula is C17H17ClN4O3. The van der Waals surface area contributed by atoms with Gasteiger partial charge in [0.1, 0.15) is 5.69 Å². The predicted octanol–water partition coefficient (Wildman–Crippen LogP) is 2.67. The van der Waals surface area contributed by atoms with Crippen molar-refractivity contribution in [2.75, 3.05) is 36.0 Å². The van der Waals surface area contributed by atoms with Gasteiger partial charge in [-0.15, -0.1) is 0 Å². The molecule has 3 rings (SSSR count). The number of rotatable bonds is 4. The molecule has 0 atom stereocenters. The Morgan fingerprint density at radius 3 is 2.20 bits per heavy atom. The van der Waals surface area contributed by atoms with Crippen molar-refractivity contribution in [2.24, 2.45) is 5.73 Å². The molecule has 0 aromatic heterocycles. The fraction of sp³-hybridized carbons (Fsp3) is 0.235. The lowest BCUT2D eigenvalue weighted by Crippen LogP contribution is -2.46.